The molecule has 4 rings (SSSR count). The predicted octanol–water partition coefficient (Wildman–Crippen LogP) is 3.89. The van der Waals surface area contributed by atoms with Gasteiger partial charge in [0.1, 0.15) is 11.3 Å². The third-order valence-corrected chi connectivity index (χ3v) is 5.33. The lowest BCUT2D eigenvalue weighted by atomic mass is 10.1. The summed E-state index contributed by atoms with van der Waals surface area (Å²) in [4.78, 5) is 11.9. The van der Waals surface area contributed by atoms with Gasteiger partial charge >= 0.3 is 5.63 Å². The normalized spacial score (nSPS) is 11.0. The standard InChI is InChI=1S/C20H17N3O3S/c1-23-19(13-6-4-3-5-7-13)21-22-20(23)27-12-14-10-18(24)26-17-11-15(25-2)8-9-16(14)17/h3-11H,12H2,1-2H3. The van der Waals surface area contributed by atoms with Gasteiger partial charge in [-0.2, -0.15) is 0 Å². The van der Waals surface area contributed by atoms with Crippen LogP contribution in [-0.2, 0) is 12.8 Å². The van der Waals surface area contributed by atoms with Crippen LogP contribution >= 0.6 is 11.8 Å². The fourth-order valence-electron chi connectivity index (χ4n) is 2.88. The minimum Gasteiger partial charge on any atom is -0.497 e. The zero-order valence-electron chi connectivity index (χ0n) is 14.9. The first kappa shape index (κ1) is 17.4. The zero-order chi connectivity index (χ0) is 18.8. The summed E-state index contributed by atoms with van der Waals surface area (Å²) in [5, 5.41) is 10.3. The van der Waals surface area contributed by atoms with Crippen LogP contribution in [0, 0.1) is 0 Å². The van der Waals surface area contributed by atoms with E-state index >= 15 is 0 Å². The van der Waals surface area contributed by atoms with Crippen molar-refractivity contribution in [2.45, 2.75) is 10.9 Å². The Labute approximate surface area is 159 Å². The van der Waals surface area contributed by atoms with Gasteiger partial charge in [-0.1, -0.05) is 42.1 Å². The van der Waals surface area contributed by atoms with E-state index in [9.17, 15) is 4.79 Å². The van der Waals surface area contributed by atoms with Gasteiger partial charge in [-0.3, -0.25) is 0 Å². The smallest absolute Gasteiger partial charge is 0.336 e. The number of methoxy groups -OCH3 is 1. The number of rotatable bonds is 5. The first-order valence-electron chi connectivity index (χ1n) is 8.34. The van der Waals surface area contributed by atoms with Gasteiger partial charge in [-0.05, 0) is 17.7 Å². The van der Waals surface area contributed by atoms with E-state index in [0.717, 1.165) is 27.5 Å². The largest absolute Gasteiger partial charge is 0.497 e. The van der Waals surface area contributed by atoms with Gasteiger partial charge in [0.15, 0.2) is 11.0 Å². The monoisotopic (exact) mass is 379 g/mol. The molecule has 0 saturated heterocycles. The van der Waals surface area contributed by atoms with Crippen LogP contribution in [-0.4, -0.2) is 21.9 Å². The van der Waals surface area contributed by atoms with E-state index in [1.807, 2.05) is 54.1 Å². The number of nitrogens with zero attached hydrogens (tertiary/aromatic N) is 3. The molecule has 136 valence electrons. The van der Waals surface area contributed by atoms with Crippen LogP contribution in [0.2, 0.25) is 0 Å². The quantitative estimate of drug-likeness (QED) is 0.387. The summed E-state index contributed by atoms with van der Waals surface area (Å²) in [6.07, 6.45) is 0. The highest BCUT2D eigenvalue weighted by molar-refractivity contribution is 7.98. The van der Waals surface area contributed by atoms with Crippen LogP contribution in [0.25, 0.3) is 22.4 Å². The molecule has 2 aromatic heterocycles. The van der Waals surface area contributed by atoms with Crippen molar-refractivity contribution in [1.82, 2.24) is 14.8 Å². The molecule has 0 aliphatic carbocycles. The van der Waals surface area contributed by atoms with Gasteiger partial charge in [0.05, 0.1) is 7.11 Å². The molecule has 0 amide bonds. The van der Waals surface area contributed by atoms with Crippen LogP contribution < -0.4 is 10.4 Å². The molecule has 2 heterocycles. The van der Waals surface area contributed by atoms with Crippen molar-refractivity contribution in [3.63, 3.8) is 0 Å². The van der Waals surface area contributed by atoms with Crippen molar-refractivity contribution in [3.8, 4) is 17.1 Å². The molecular formula is C20H17N3O3S. The SMILES string of the molecule is COc1ccc2c(CSc3nnc(-c4ccccc4)n3C)cc(=O)oc2c1. The number of benzene rings is 2. The van der Waals surface area contributed by atoms with E-state index in [4.69, 9.17) is 9.15 Å². The maximum atomic E-state index is 11.9. The first-order chi connectivity index (χ1) is 13.2. The lowest BCUT2D eigenvalue weighted by Crippen LogP contribution is -2.01. The molecule has 0 radical (unpaired) electrons. The Morgan fingerprint density at radius 1 is 1.11 bits per heavy atom. The summed E-state index contributed by atoms with van der Waals surface area (Å²) < 4.78 is 12.5. The van der Waals surface area contributed by atoms with Gasteiger partial charge in [0.2, 0.25) is 0 Å². The fraction of sp³-hybridized carbons (Fsp3) is 0.150. The highest BCUT2D eigenvalue weighted by Gasteiger charge is 2.13. The number of thioether (sulfide) groups is 1. The maximum Gasteiger partial charge on any atom is 0.336 e. The molecule has 0 fully saturated rings. The van der Waals surface area contributed by atoms with Crippen LogP contribution in [0.1, 0.15) is 5.56 Å². The first-order valence-corrected chi connectivity index (χ1v) is 9.32. The Balaban J connectivity index is 1.63. The van der Waals surface area contributed by atoms with Crippen molar-refractivity contribution < 1.29 is 9.15 Å². The Bertz CT molecular complexity index is 1150. The summed E-state index contributed by atoms with van der Waals surface area (Å²) in [6.45, 7) is 0. The molecule has 0 unspecified atom stereocenters. The molecule has 2 aromatic carbocycles. The van der Waals surface area contributed by atoms with E-state index in [1.165, 1.54) is 17.8 Å². The molecule has 0 N–H and O–H groups in total. The third-order valence-electron chi connectivity index (χ3n) is 4.26. The second-order valence-corrected chi connectivity index (χ2v) is 6.92. The number of hydrogen-bond acceptors (Lipinski definition) is 6. The van der Waals surface area contributed by atoms with Crippen molar-refractivity contribution in [2.24, 2.45) is 7.05 Å². The average molecular weight is 379 g/mol. The minimum atomic E-state index is -0.380. The summed E-state index contributed by atoms with van der Waals surface area (Å²) in [5.74, 6) is 2.03. The molecule has 27 heavy (non-hydrogen) atoms. The van der Waals surface area contributed by atoms with Crippen molar-refractivity contribution in [3.05, 3.63) is 70.6 Å². The lowest BCUT2D eigenvalue weighted by Gasteiger charge is -2.07. The molecule has 4 aromatic rings. The Morgan fingerprint density at radius 2 is 1.93 bits per heavy atom. The number of aromatic nitrogens is 3. The van der Waals surface area contributed by atoms with Crippen LogP contribution in [0.3, 0.4) is 0 Å². The van der Waals surface area contributed by atoms with E-state index < -0.39 is 0 Å². The summed E-state index contributed by atoms with van der Waals surface area (Å²) in [7, 11) is 3.52. The molecule has 0 bridgehead atoms. The van der Waals surface area contributed by atoms with Crippen molar-refractivity contribution >= 4 is 22.7 Å². The van der Waals surface area contributed by atoms with Gasteiger partial charge in [0.25, 0.3) is 0 Å². The average Bonchev–Trinajstić information content (AvgIpc) is 3.06. The minimum absolute atomic E-state index is 0.380. The fourth-order valence-corrected chi connectivity index (χ4v) is 3.78. The van der Waals surface area contributed by atoms with Gasteiger partial charge in [-0.15, -0.1) is 10.2 Å². The Hall–Kier alpha value is -3.06. The highest BCUT2D eigenvalue weighted by Crippen LogP contribution is 2.29. The molecule has 0 atom stereocenters. The van der Waals surface area contributed by atoms with E-state index in [0.29, 0.717) is 17.1 Å². The van der Waals surface area contributed by atoms with Crippen LogP contribution in [0.5, 0.6) is 5.75 Å². The predicted molar refractivity (Wildman–Crippen MR) is 105 cm³/mol. The molecule has 0 aliphatic rings. The van der Waals surface area contributed by atoms with Crippen LogP contribution in [0.15, 0.2) is 69.0 Å². The second kappa shape index (κ2) is 7.28. The molecule has 6 nitrogen and oxygen atoms in total. The second-order valence-electron chi connectivity index (χ2n) is 5.97. The Morgan fingerprint density at radius 3 is 2.70 bits per heavy atom. The molecule has 0 spiro atoms. The third kappa shape index (κ3) is 3.46. The van der Waals surface area contributed by atoms with E-state index in [-0.39, 0.29) is 5.63 Å². The Kier molecular flexibility index (Phi) is 4.68. The van der Waals surface area contributed by atoms with Crippen molar-refractivity contribution in [1.29, 1.82) is 0 Å². The van der Waals surface area contributed by atoms with Crippen molar-refractivity contribution in [2.75, 3.05) is 7.11 Å². The van der Waals surface area contributed by atoms with Gasteiger partial charge in [0, 0.05) is 35.9 Å². The number of ether oxygens (including phenoxy) is 1. The molecular weight excluding hydrogens is 362 g/mol. The molecule has 7 heteroatoms. The molecule has 0 saturated carbocycles. The lowest BCUT2D eigenvalue weighted by molar-refractivity contribution is 0.414. The number of fused-ring (bicyclic) bond motifs is 1. The summed E-state index contributed by atoms with van der Waals surface area (Å²) in [5.41, 5.74) is 2.03. The topological polar surface area (TPSA) is 70.2 Å². The number of hydrogen-bond donors (Lipinski definition) is 0. The maximum absolute atomic E-state index is 11.9. The van der Waals surface area contributed by atoms with E-state index in [1.54, 1.807) is 13.2 Å². The molecule has 0 aliphatic heterocycles. The summed E-state index contributed by atoms with van der Waals surface area (Å²) in [6, 6.07) is 16.9. The van der Waals surface area contributed by atoms with E-state index in [2.05, 4.69) is 10.2 Å². The van der Waals surface area contributed by atoms with Gasteiger partial charge < -0.3 is 13.7 Å². The van der Waals surface area contributed by atoms with Crippen LogP contribution in [0.4, 0.5) is 0 Å². The van der Waals surface area contributed by atoms with Gasteiger partial charge in [-0.25, -0.2) is 4.79 Å². The summed E-state index contributed by atoms with van der Waals surface area (Å²) >= 11 is 1.53. The zero-order valence-corrected chi connectivity index (χ0v) is 15.7. The highest BCUT2D eigenvalue weighted by atomic mass is 32.2.